The molecule has 0 aliphatic carbocycles. The molecule has 23 heavy (non-hydrogen) atoms. The van der Waals surface area contributed by atoms with Crippen LogP contribution in [0.25, 0.3) is 0 Å². The fraction of sp³-hybridized carbons (Fsp3) is 0.125. The summed E-state index contributed by atoms with van der Waals surface area (Å²) < 4.78 is 23.3. The molecule has 0 aliphatic rings. The molecule has 0 aliphatic heterocycles. The van der Waals surface area contributed by atoms with Gasteiger partial charge >= 0.3 is 5.97 Å². The summed E-state index contributed by atoms with van der Waals surface area (Å²) in [5.74, 6) is -1.51. The van der Waals surface area contributed by atoms with Crippen molar-refractivity contribution in [1.82, 2.24) is 0 Å². The molecule has 0 atom stereocenters. The van der Waals surface area contributed by atoms with E-state index in [-0.39, 0.29) is 16.3 Å². The highest BCUT2D eigenvalue weighted by atomic mass is 35.5. The fourth-order valence-corrected chi connectivity index (χ4v) is 1.92. The highest BCUT2D eigenvalue weighted by molar-refractivity contribution is 6.30. The Hall–Kier alpha value is -2.60. The number of anilines is 1. The molecule has 0 unspecified atom stereocenters. The van der Waals surface area contributed by atoms with E-state index in [1.165, 1.54) is 31.4 Å². The maximum absolute atomic E-state index is 13.5. The summed E-state index contributed by atoms with van der Waals surface area (Å²) in [4.78, 5) is 23.5. The number of benzene rings is 2. The maximum Gasteiger partial charge on any atom is 0.338 e. The van der Waals surface area contributed by atoms with Gasteiger partial charge in [-0.15, -0.1) is 0 Å². The monoisotopic (exact) mass is 337 g/mol. The van der Waals surface area contributed by atoms with Crippen LogP contribution in [0.2, 0.25) is 5.02 Å². The third-order valence-electron chi connectivity index (χ3n) is 2.84. The normalized spacial score (nSPS) is 10.0. The van der Waals surface area contributed by atoms with E-state index in [9.17, 15) is 14.0 Å². The second-order valence-electron chi connectivity index (χ2n) is 4.48. The minimum Gasteiger partial charge on any atom is -0.497 e. The van der Waals surface area contributed by atoms with Crippen LogP contribution in [-0.4, -0.2) is 25.6 Å². The first-order valence-electron chi connectivity index (χ1n) is 6.55. The number of esters is 1. The van der Waals surface area contributed by atoms with Gasteiger partial charge in [0.2, 0.25) is 0 Å². The summed E-state index contributed by atoms with van der Waals surface area (Å²) in [5, 5.41) is 2.55. The number of ether oxygens (including phenoxy) is 2. The van der Waals surface area contributed by atoms with Crippen LogP contribution in [-0.2, 0) is 9.53 Å². The average Bonchev–Trinajstić information content (AvgIpc) is 2.56. The molecule has 5 nitrogen and oxygen atoms in total. The van der Waals surface area contributed by atoms with Crippen LogP contribution in [0.1, 0.15) is 10.4 Å². The molecule has 0 heterocycles. The third-order valence-corrected chi connectivity index (χ3v) is 3.08. The first-order valence-corrected chi connectivity index (χ1v) is 6.93. The van der Waals surface area contributed by atoms with Gasteiger partial charge in [-0.3, -0.25) is 4.79 Å². The Bertz CT molecular complexity index is 736. The predicted octanol–water partition coefficient (Wildman–Crippen LogP) is 3.28. The van der Waals surface area contributed by atoms with Crippen molar-refractivity contribution in [2.45, 2.75) is 0 Å². The molecule has 0 saturated heterocycles. The van der Waals surface area contributed by atoms with E-state index < -0.39 is 24.3 Å². The Balaban J connectivity index is 1.93. The smallest absolute Gasteiger partial charge is 0.338 e. The van der Waals surface area contributed by atoms with Crippen molar-refractivity contribution in [2.24, 2.45) is 0 Å². The molecular weight excluding hydrogens is 325 g/mol. The zero-order chi connectivity index (χ0) is 16.8. The molecule has 0 spiro atoms. The zero-order valence-corrected chi connectivity index (χ0v) is 12.9. The van der Waals surface area contributed by atoms with Crippen molar-refractivity contribution in [2.75, 3.05) is 19.0 Å². The molecule has 0 radical (unpaired) electrons. The van der Waals surface area contributed by atoms with Crippen LogP contribution >= 0.6 is 11.6 Å². The maximum atomic E-state index is 13.5. The van der Waals surface area contributed by atoms with E-state index in [1.807, 2.05) is 0 Å². The summed E-state index contributed by atoms with van der Waals surface area (Å²) in [6.45, 7) is -0.554. The lowest BCUT2D eigenvalue weighted by Gasteiger charge is -2.08. The average molecular weight is 338 g/mol. The quantitative estimate of drug-likeness (QED) is 0.850. The summed E-state index contributed by atoms with van der Waals surface area (Å²) in [6, 6.07) is 10.0. The molecule has 1 amide bonds. The Morgan fingerprint density at radius 2 is 2.00 bits per heavy atom. The zero-order valence-electron chi connectivity index (χ0n) is 12.1. The molecular formula is C16H13ClFNO4. The van der Waals surface area contributed by atoms with Crippen LogP contribution in [0.4, 0.5) is 10.1 Å². The van der Waals surface area contributed by atoms with Gasteiger partial charge in [0.1, 0.15) is 11.6 Å². The Labute approximate surface area is 137 Å². The lowest BCUT2D eigenvalue weighted by molar-refractivity contribution is -0.119. The first-order chi connectivity index (χ1) is 11.0. The van der Waals surface area contributed by atoms with Gasteiger partial charge in [0.15, 0.2) is 6.61 Å². The lowest BCUT2D eigenvalue weighted by Crippen LogP contribution is -2.21. The third kappa shape index (κ3) is 4.69. The predicted molar refractivity (Wildman–Crippen MR) is 83.3 cm³/mol. The van der Waals surface area contributed by atoms with Gasteiger partial charge in [0, 0.05) is 5.02 Å². The highest BCUT2D eigenvalue weighted by Gasteiger charge is 2.12. The van der Waals surface area contributed by atoms with Gasteiger partial charge in [-0.05, 0) is 36.4 Å². The van der Waals surface area contributed by atoms with Crippen LogP contribution in [0, 0.1) is 5.82 Å². The van der Waals surface area contributed by atoms with E-state index in [0.717, 1.165) is 6.07 Å². The molecule has 7 heteroatoms. The molecule has 120 valence electrons. The highest BCUT2D eigenvalue weighted by Crippen LogP contribution is 2.19. The lowest BCUT2D eigenvalue weighted by atomic mass is 10.2. The van der Waals surface area contributed by atoms with Crippen molar-refractivity contribution >= 4 is 29.2 Å². The minimum atomic E-state index is -0.689. The SMILES string of the molecule is COc1cccc(C(=O)OCC(=O)Nc2cc(Cl)ccc2F)c1. The standard InChI is InChI=1S/C16H13ClFNO4/c1-22-12-4-2-3-10(7-12)16(21)23-9-15(20)19-14-8-11(17)5-6-13(14)18/h2-8H,9H2,1H3,(H,19,20). The van der Waals surface area contributed by atoms with E-state index in [4.69, 9.17) is 21.1 Å². The molecule has 0 fully saturated rings. The van der Waals surface area contributed by atoms with Crippen LogP contribution in [0.5, 0.6) is 5.75 Å². The van der Waals surface area contributed by atoms with E-state index in [2.05, 4.69) is 5.32 Å². The van der Waals surface area contributed by atoms with Gasteiger partial charge < -0.3 is 14.8 Å². The number of carbonyl (C=O) groups excluding carboxylic acids is 2. The number of hydrogen-bond acceptors (Lipinski definition) is 4. The number of hydrogen-bond donors (Lipinski definition) is 1. The Morgan fingerprint density at radius 3 is 2.74 bits per heavy atom. The number of amides is 1. The summed E-state index contributed by atoms with van der Waals surface area (Å²) >= 11 is 5.72. The molecule has 0 saturated carbocycles. The van der Waals surface area contributed by atoms with Gasteiger partial charge in [-0.2, -0.15) is 0 Å². The molecule has 1 N–H and O–H groups in total. The van der Waals surface area contributed by atoms with Crippen LogP contribution < -0.4 is 10.1 Å². The first kappa shape index (κ1) is 16.8. The number of carbonyl (C=O) groups is 2. The van der Waals surface area contributed by atoms with Crippen LogP contribution in [0.3, 0.4) is 0 Å². The summed E-state index contributed by atoms with van der Waals surface area (Å²) in [7, 11) is 1.47. The minimum absolute atomic E-state index is 0.0834. The number of nitrogens with one attached hydrogen (secondary N) is 1. The van der Waals surface area contributed by atoms with Crippen molar-refractivity contribution in [3.63, 3.8) is 0 Å². The molecule has 2 rings (SSSR count). The molecule has 2 aromatic carbocycles. The van der Waals surface area contributed by atoms with Crippen molar-refractivity contribution in [1.29, 1.82) is 0 Å². The van der Waals surface area contributed by atoms with Gasteiger partial charge in [-0.1, -0.05) is 17.7 Å². The number of rotatable bonds is 5. The van der Waals surface area contributed by atoms with Crippen molar-refractivity contribution in [3.8, 4) is 5.75 Å². The Morgan fingerprint density at radius 1 is 1.22 bits per heavy atom. The number of methoxy groups -OCH3 is 1. The van der Waals surface area contributed by atoms with Gasteiger partial charge in [0.05, 0.1) is 18.4 Å². The van der Waals surface area contributed by atoms with Crippen LogP contribution in [0.15, 0.2) is 42.5 Å². The summed E-state index contributed by atoms with van der Waals surface area (Å²) in [6.07, 6.45) is 0. The van der Waals surface area contributed by atoms with E-state index in [0.29, 0.717) is 5.75 Å². The van der Waals surface area contributed by atoms with E-state index in [1.54, 1.807) is 12.1 Å². The Kier molecular flexibility index (Phi) is 5.54. The second-order valence-corrected chi connectivity index (χ2v) is 4.92. The van der Waals surface area contributed by atoms with Gasteiger partial charge in [-0.25, -0.2) is 9.18 Å². The fourth-order valence-electron chi connectivity index (χ4n) is 1.74. The topological polar surface area (TPSA) is 64.6 Å². The van der Waals surface area contributed by atoms with Crippen molar-refractivity contribution < 1.29 is 23.5 Å². The largest absolute Gasteiger partial charge is 0.497 e. The molecule has 0 bridgehead atoms. The van der Waals surface area contributed by atoms with Crippen molar-refractivity contribution in [3.05, 3.63) is 58.9 Å². The second kappa shape index (κ2) is 7.60. The summed E-state index contributed by atoms with van der Waals surface area (Å²) in [5.41, 5.74) is 0.158. The molecule has 0 aromatic heterocycles. The van der Waals surface area contributed by atoms with E-state index >= 15 is 0 Å². The van der Waals surface area contributed by atoms with Gasteiger partial charge in [0.25, 0.3) is 5.91 Å². The number of halogens is 2. The molecule has 2 aromatic rings.